The van der Waals surface area contributed by atoms with Gasteiger partial charge in [-0.1, -0.05) is 6.92 Å². The molecule has 4 rings (SSSR count). The molecule has 1 amide bonds. The third kappa shape index (κ3) is 4.81. The fourth-order valence-electron chi connectivity index (χ4n) is 4.45. The van der Waals surface area contributed by atoms with Gasteiger partial charge in [0.15, 0.2) is 6.10 Å². The van der Waals surface area contributed by atoms with Gasteiger partial charge < -0.3 is 14.8 Å². The molecule has 1 N–H and O–H groups in total. The lowest BCUT2D eigenvalue weighted by atomic mass is 9.96. The molecule has 1 atom stereocenters. The fourth-order valence-corrected chi connectivity index (χ4v) is 5.98. The average Bonchev–Trinajstić information content (AvgIpc) is 3.18. The van der Waals surface area contributed by atoms with Crippen LogP contribution in [0.25, 0.3) is 0 Å². The van der Waals surface area contributed by atoms with Gasteiger partial charge in [0.1, 0.15) is 5.75 Å². The Bertz CT molecular complexity index is 858. The first-order valence-electron chi connectivity index (χ1n) is 11.1. The van der Waals surface area contributed by atoms with Crippen LogP contribution in [-0.2, 0) is 26.0 Å². The average molecular weight is 437 g/mol. The van der Waals surface area contributed by atoms with Gasteiger partial charge in [-0.3, -0.25) is 4.79 Å². The molecule has 3 aliphatic rings. The Balaban J connectivity index is 1.33. The van der Waals surface area contributed by atoms with Crippen LogP contribution in [-0.4, -0.2) is 57.6 Å². The van der Waals surface area contributed by atoms with E-state index in [0.29, 0.717) is 48.5 Å². The van der Waals surface area contributed by atoms with Gasteiger partial charge in [0.05, 0.1) is 4.90 Å². The molecule has 2 fully saturated rings. The number of hydrogen-bond acceptors (Lipinski definition) is 5. The molecular formula is C22H32N2O5S. The molecule has 2 saturated heterocycles. The van der Waals surface area contributed by atoms with Crippen LogP contribution in [0.3, 0.4) is 0 Å². The quantitative estimate of drug-likeness (QED) is 0.740. The summed E-state index contributed by atoms with van der Waals surface area (Å²) in [7, 11) is -3.50. The Morgan fingerprint density at radius 3 is 2.63 bits per heavy atom. The molecule has 0 aliphatic carbocycles. The predicted octanol–water partition coefficient (Wildman–Crippen LogP) is 2.34. The number of piperidine rings is 1. The minimum atomic E-state index is -3.50. The molecule has 3 aliphatic heterocycles. The number of fused-ring (bicyclic) bond motifs is 1. The summed E-state index contributed by atoms with van der Waals surface area (Å²) in [5.41, 5.74) is 0.783. The monoisotopic (exact) mass is 436 g/mol. The Labute approximate surface area is 179 Å². The highest BCUT2D eigenvalue weighted by molar-refractivity contribution is 7.89. The normalized spacial score (nSPS) is 23.7. The van der Waals surface area contributed by atoms with Gasteiger partial charge in [-0.25, -0.2) is 8.42 Å². The number of nitrogens with zero attached hydrogens (tertiary/aromatic N) is 1. The van der Waals surface area contributed by atoms with Crippen molar-refractivity contribution in [2.45, 2.75) is 56.4 Å². The van der Waals surface area contributed by atoms with E-state index in [1.165, 1.54) is 0 Å². The molecule has 0 radical (unpaired) electrons. The SMILES string of the molecule is CC1CCN(S(=O)(=O)c2ccc3c(c2)CC(C(=O)NCCC2CCOCC2)O3)CC1. The van der Waals surface area contributed by atoms with Crippen molar-refractivity contribution in [3.05, 3.63) is 23.8 Å². The molecule has 7 nitrogen and oxygen atoms in total. The largest absolute Gasteiger partial charge is 0.480 e. The summed E-state index contributed by atoms with van der Waals surface area (Å²) >= 11 is 0. The third-order valence-electron chi connectivity index (χ3n) is 6.57. The Morgan fingerprint density at radius 2 is 1.90 bits per heavy atom. The number of carbonyl (C=O) groups is 1. The van der Waals surface area contributed by atoms with Crippen LogP contribution in [0.4, 0.5) is 0 Å². The highest BCUT2D eigenvalue weighted by Gasteiger charge is 2.33. The van der Waals surface area contributed by atoms with E-state index in [2.05, 4.69) is 12.2 Å². The highest BCUT2D eigenvalue weighted by atomic mass is 32.2. The number of sulfonamides is 1. The maximum atomic E-state index is 13.0. The van der Waals surface area contributed by atoms with E-state index >= 15 is 0 Å². The zero-order valence-corrected chi connectivity index (χ0v) is 18.5. The Kier molecular flexibility index (Phi) is 6.65. The van der Waals surface area contributed by atoms with Gasteiger partial charge in [0.2, 0.25) is 10.0 Å². The second-order valence-corrected chi connectivity index (χ2v) is 10.7. The lowest BCUT2D eigenvalue weighted by Crippen LogP contribution is -2.38. The van der Waals surface area contributed by atoms with Crippen molar-refractivity contribution in [1.82, 2.24) is 9.62 Å². The zero-order valence-electron chi connectivity index (χ0n) is 17.6. The zero-order chi connectivity index (χ0) is 21.1. The number of carbonyl (C=O) groups excluding carboxylic acids is 1. The van der Waals surface area contributed by atoms with E-state index in [9.17, 15) is 13.2 Å². The van der Waals surface area contributed by atoms with Crippen molar-refractivity contribution in [2.75, 3.05) is 32.8 Å². The standard InChI is InChI=1S/C22H32N2O5S/c1-16-5-10-24(11-6-16)30(26,27)19-2-3-20-18(14-19)15-21(29-20)22(25)23-9-4-17-7-12-28-13-8-17/h2-3,14,16-17,21H,4-13,15H2,1H3,(H,23,25). The molecule has 0 spiro atoms. The number of benzene rings is 1. The Hall–Kier alpha value is -1.64. The van der Waals surface area contributed by atoms with E-state index in [1.54, 1.807) is 22.5 Å². The topological polar surface area (TPSA) is 84.9 Å². The van der Waals surface area contributed by atoms with Gasteiger partial charge in [-0.2, -0.15) is 4.31 Å². The third-order valence-corrected chi connectivity index (χ3v) is 8.47. The number of amides is 1. The number of ether oxygens (including phenoxy) is 2. The molecular weight excluding hydrogens is 404 g/mol. The van der Waals surface area contributed by atoms with Gasteiger partial charge in [0.25, 0.3) is 5.91 Å². The summed E-state index contributed by atoms with van der Waals surface area (Å²) in [5, 5.41) is 2.98. The van der Waals surface area contributed by atoms with Gasteiger partial charge in [0, 0.05) is 39.3 Å². The summed E-state index contributed by atoms with van der Waals surface area (Å²) in [6.45, 7) is 5.53. The summed E-state index contributed by atoms with van der Waals surface area (Å²) in [6.07, 6.45) is 4.64. The fraction of sp³-hybridized carbons (Fsp3) is 0.682. The van der Waals surface area contributed by atoms with Crippen molar-refractivity contribution in [3.8, 4) is 5.75 Å². The van der Waals surface area contributed by atoms with Gasteiger partial charge >= 0.3 is 0 Å². The summed E-state index contributed by atoms with van der Waals surface area (Å²) in [6, 6.07) is 4.96. The molecule has 8 heteroatoms. The summed E-state index contributed by atoms with van der Waals surface area (Å²) in [4.78, 5) is 12.8. The van der Waals surface area contributed by atoms with Crippen LogP contribution < -0.4 is 10.1 Å². The summed E-state index contributed by atoms with van der Waals surface area (Å²) in [5.74, 6) is 1.64. The predicted molar refractivity (Wildman–Crippen MR) is 113 cm³/mol. The first-order valence-corrected chi connectivity index (χ1v) is 12.5. The van der Waals surface area contributed by atoms with E-state index in [-0.39, 0.29) is 5.91 Å². The molecule has 1 aromatic rings. The molecule has 0 saturated carbocycles. The van der Waals surface area contributed by atoms with Crippen molar-refractivity contribution < 1.29 is 22.7 Å². The van der Waals surface area contributed by atoms with Crippen LogP contribution in [0.2, 0.25) is 0 Å². The van der Waals surface area contributed by atoms with Crippen molar-refractivity contribution >= 4 is 15.9 Å². The molecule has 166 valence electrons. The second kappa shape index (κ2) is 9.24. The first kappa shape index (κ1) is 21.6. The van der Waals surface area contributed by atoms with Crippen molar-refractivity contribution in [1.29, 1.82) is 0 Å². The van der Waals surface area contributed by atoms with Crippen LogP contribution >= 0.6 is 0 Å². The van der Waals surface area contributed by atoms with E-state index < -0.39 is 16.1 Å². The van der Waals surface area contributed by atoms with E-state index in [1.807, 2.05) is 0 Å². The molecule has 1 unspecified atom stereocenters. The minimum Gasteiger partial charge on any atom is -0.480 e. The lowest BCUT2D eigenvalue weighted by Gasteiger charge is -2.29. The Morgan fingerprint density at radius 1 is 1.17 bits per heavy atom. The second-order valence-electron chi connectivity index (χ2n) is 8.80. The number of rotatable bonds is 6. The minimum absolute atomic E-state index is 0.132. The van der Waals surface area contributed by atoms with Crippen LogP contribution in [0.15, 0.2) is 23.1 Å². The molecule has 0 bridgehead atoms. The van der Waals surface area contributed by atoms with Crippen molar-refractivity contribution in [3.63, 3.8) is 0 Å². The maximum Gasteiger partial charge on any atom is 0.261 e. The summed E-state index contributed by atoms with van der Waals surface area (Å²) < 4.78 is 38.7. The van der Waals surface area contributed by atoms with Gasteiger partial charge in [-0.05, 0) is 67.7 Å². The maximum absolute atomic E-state index is 13.0. The highest BCUT2D eigenvalue weighted by Crippen LogP contribution is 2.33. The number of nitrogens with one attached hydrogen (secondary N) is 1. The number of hydrogen-bond donors (Lipinski definition) is 1. The first-order chi connectivity index (χ1) is 14.4. The van der Waals surface area contributed by atoms with E-state index in [4.69, 9.17) is 9.47 Å². The molecule has 1 aromatic carbocycles. The van der Waals surface area contributed by atoms with E-state index in [0.717, 1.165) is 50.9 Å². The van der Waals surface area contributed by atoms with Crippen LogP contribution in [0.5, 0.6) is 5.75 Å². The molecule has 30 heavy (non-hydrogen) atoms. The van der Waals surface area contributed by atoms with Crippen LogP contribution in [0, 0.1) is 11.8 Å². The molecule has 3 heterocycles. The molecule has 0 aromatic heterocycles. The smallest absolute Gasteiger partial charge is 0.261 e. The lowest BCUT2D eigenvalue weighted by molar-refractivity contribution is -0.127. The van der Waals surface area contributed by atoms with Gasteiger partial charge in [-0.15, -0.1) is 0 Å². The van der Waals surface area contributed by atoms with Crippen molar-refractivity contribution in [2.24, 2.45) is 11.8 Å². The van der Waals surface area contributed by atoms with Crippen LogP contribution in [0.1, 0.15) is 44.6 Å².